The molecule has 2 atom stereocenters. The normalized spacial score (nSPS) is 29.5. The predicted molar refractivity (Wildman–Crippen MR) is 66.8 cm³/mol. The third-order valence-electron chi connectivity index (χ3n) is 4.54. The van der Waals surface area contributed by atoms with Gasteiger partial charge in [-0.15, -0.1) is 0 Å². The van der Waals surface area contributed by atoms with E-state index < -0.39 is 11.4 Å². The van der Waals surface area contributed by atoms with Crippen LogP contribution >= 0.6 is 0 Å². The van der Waals surface area contributed by atoms with Crippen molar-refractivity contribution in [3.63, 3.8) is 0 Å². The summed E-state index contributed by atoms with van der Waals surface area (Å²) < 4.78 is 5.33. The smallest absolute Gasteiger partial charge is 0.311 e. The Labute approximate surface area is 111 Å². The molecule has 0 radical (unpaired) electrons. The summed E-state index contributed by atoms with van der Waals surface area (Å²) in [5.74, 6) is 0.128. The number of amides is 1. The second-order valence-corrected chi connectivity index (χ2v) is 5.65. The highest BCUT2D eigenvalue weighted by atomic mass is 16.4. The van der Waals surface area contributed by atoms with Gasteiger partial charge in [-0.25, -0.2) is 0 Å². The summed E-state index contributed by atoms with van der Waals surface area (Å²) in [6.45, 7) is 2.63. The lowest BCUT2D eigenvalue weighted by molar-refractivity contribution is -0.149. The molecule has 1 aromatic rings. The molecule has 2 aliphatic rings. The molecular formula is C14H17NO4. The molecule has 3 rings (SSSR count). The second kappa shape index (κ2) is 4.11. The minimum atomic E-state index is -0.763. The van der Waals surface area contributed by atoms with Crippen LogP contribution < -0.4 is 0 Å². The first-order chi connectivity index (χ1) is 9.03. The van der Waals surface area contributed by atoms with Gasteiger partial charge in [0.25, 0.3) is 5.91 Å². The van der Waals surface area contributed by atoms with Gasteiger partial charge in [-0.05, 0) is 37.8 Å². The SMILES string of the molecule is Cc1ccc(C(=O)N2C[C@@H]3CCC[C@@]3(C(=O)O)C2)o1. The lowest BCUT2D eigenvalue weighted by Gasteiger charge is -2.22. The Morgan fingerprint density at radius 1 is 1.47 bits per heavy atom. The van der Waals surface area contributed by atoms with Gasteiger partial charge in [0.1, 0.15) is 5.76 Å². The van der Waals surface area contributed by atoms with E-state index in [1.807, 2.05) is 0 Å². The lowest BCUT2D eigenvalue weighted by Crippen LogP contribution is -2.37. The van der Waals surface area contributed by atoms with E-state index in [1.54, 1.807) is 24.0 Å². The van der Waals surface area contributed by atoms with Crippen LogP contribution in [0.15, 0.2) is 16.5 Å². The van der Waals surface area contributed by atoms with Crippen molar-refractivity contribution in [1.29, 1.82) is 0 Å². The fraction of sp³-hybridized carbons (Fsp3) is 0.571. The van der Waals surface area contributed by atoms with Crippen molar-refractivity contribution < 1.29 is 19.1 Å². The van der Waals surface area contributed by atoms with Gasteiger partial charge in [0.15, 0.2) is 5.76 Å². The number of carbonyl (C=O) groups excluding carboxylic acids is 1. The number of carboxylic acids is 1. The molecule has 1 amide bonds. The lowest BCUT2D eigenvalue weighted by atomic mass is 9.81. The number of carbonyl (C=O) groups is 2. The molecule has 0 spiro atoms. The van der Waals surface area contributed by atoms with E-state index in [2.05, 4.69) is 0 Å². The van der Waals surface area contributed by atoms with Crippen LogP contribution in [0.4, 0.5) is 0 Å². The fourth-order valence-corrected chi connectivity index (χ4v) is 3.50. The fourth-order valence-electron chi connectivity index (χ4n) is 3.50. The molecule has 1 saturated heterocycles. The largest absolute Gasteiger partial charge is 0.481 e. The molecule has 1 aliphatic heterocycles. The van der Waals surface area contributed by atoms with E-state index in [9.17, 15) is 14.7 Å². The topological polar surface area (TPSA) is 70.8 Å². The van der Waals surface area contributed by atoms with Gasteiger partial charge in [0.2, 0.25) is 0 Å². The highest BCUT2D eigenvalue weighted by Gasteiger charge is 2.56. The van der Waals surface area contributed by atoms with E-state index >= 15 is 0 Å². The highest BCUT2D eigenvalue weighted by Crippen LogP contribution is 2.49. The molecule has 102 valence electrons. The van der Waals surface area contributed by atoms with Crippen LogP contribution in [-0.2, 0) is 4.79 Å². The number of hydrogen-bond acceptors (Lipinski definition) is 3. The maximum Gasteiger partial charge on any atom is 0.311 e. The van der Waals surface area contributed by atoms with Gasteiger partial charge in [-0.1, -0.05) is 6.42 Å². The maximum atomic E-state index is 12.3. The zero-order valence-electron chi connectivity index (χ0n) is 10.9. The summed E-state index contributed by atoms with van der Waals surface area (Å²) in [4.78, 5) is 25.5. The minimum Gasteiger partial charge on any atom is -0.481 e. The third-order valence-corrected chi connectivity index (χ3v) is 4.54. The predicted octanol–water partition coefficient (Wildman–Crippen LogP) is 1.91. The van der Waals surface area contributed by atoms with Crippen molar-refractivity contribution >= 4 is 11.9 Å². The molecular weight excluding hydrogens is 246 g/mol. The third kappa shape index (κ3) is 1.76. The number of carboxylic acid groups (broad SMARTS) is 1. The molecule has 0 bridgehead atoms. The summed E-state index contributed by atoms with van der Waals surface area (Å²) in [5.41, 5.74) is -0.725. The minimum absolute atomic E-state index is 0.0880. The van der Waals surface area contributed by atoms with E-state index in [0.717, 1.165) is 12.8 Å². The first-order valence-electron chi connectivity index (χ1n) is 6.62. The molecule has 2 heterocycles. The second-order valence-electron chi connectivity index (χ2n) is 5.65. The Morgan fingerprint density at radius 3 is 2.84 bits per heavy atom. The van der Waals surface area contributed by atoms with Crippen molar-refractivity contribution in [2.75, 3.05) is 13.1 Å². The molecule has 1 saturated carbocycles. The summed E-state index contributed by atoms with van der Waals surface area (Å²) >= 11 is 0. The van der Waals surface area contributed by atoms with Crippen molar-refractivity contribution in [2.45, 2.75) is 26.2 Å². The van der Waals surface area contributed by atoms with Crippen LogP contribution in [0, 0.1) is 18.3 Å². The zero-order chi connectivity index (χ0) is 13.6. The van der Waals surface area contributed by atoms with Crippen LogP contribution in [0.25, 0.3) is 0 Å². The monoisotopic (exact) mass is 263 g/mol. The van der Waals surface area contributed by atoms with Gasteiger partial charge in [0.05, 0.1) is 5.41 Å². The van der Waals surface area contributed by atoms with Gasteiger partial charge in [-0.2, -0.15) is 0 Å². The van der Waals surface area contributed by atoms with Crippen LogP contribution in [0.2, 0.25) is 0 Å². The number of furan rings is 1. The number of likely N-dealkylation sites (tertiary alicyclic amines) is 1. The molecule has 1 N–H and O–H groups in total. The molecule has 1 aliphatic carbocycles. The summed E-state index contributed by atoms with van der Waals surface area (Å²) in [6, 6.07) is 3.40. The van der Waals surface area contributed by atoms with Crippen LogP contribution in [0.1, 0.15) is 35.6 Å². The number of aryl methyl sites for hydroxylation is 1. The Bertz CT molecular complexity index is 535. The number of fused-ring (bicyclic) bond motifs is 1. The van der Waals surface area contributed by atoms with Crippen molar-refractivity contribution in [1.82, 2.24) is 4.90 Å². The van der Waals surface area contributed by atoms with Crippen molar-refractivity contribution in [2.24, 2.45) is 11.3 Å². The number of nitrogens with zero attached hydrogens (tertiary/aromatic N) is 1. The summed E-state index contributed by atoms with van der Waals surface area (Å²) in [5, 5.41) is 9.49. The Hall–Kier alpha value is -1.78. The summed E-state index contributed by atoms with van der Waals surface area (Å²) in [6.07, 6.45) is 2.51. The van der Waals surface area contributed by atoms with Gasteiger partial charge in [0, 0.05) is 13.1 Å². The molecule has 1 aromatic heterocycles. The first-order valence-corrected chi connectivity index (χ1v) is 6.62. The van der Waals surface area contributed by atoms with Crippen molar-refractivity contribution in [3.8, 4) is 0 Å². The van der Waals surface area contributed by atoms with Crippen LogP contribution in [0.3, 0.4) is 0 Å². The summed E-state index contributed by atoms with van der Waals surface area (Å²) in [7, 11) is 0. The number of hydrogen-bond donors (Lipinski definition) is 1. The van der Waals surface area contributed by atoms with E-state index in [0.29, 0.717) is 31.0 Å². The average molecular weight is 263 g/mol. The number of aliphatic carboxylic acids is 1. The molecule has 5 nitrogen and oxygen atoms in total. The van der Waals surface area contributed by atoms with Gasteiger partial charge < -0.3 is 14.4 Å². The highest BCUT2D eigenvalue weighted by molar-refractivity contribution is 5.92. The molecule has 0 aromatic carbocycles. The van der Waals surface area contributed by atoms with Crippen molar-refractivity contribution in [3.05, 3.63) is 23.7 Å². The van der Waals surface area contributed by atoms with Gasteiger partial charge >= 0.3 is 5.97 Å². The number of rotatable bonds is 2. The Balaban J connectivity index is 1.82. The van der Waals surface area contributed by atoms with Crippen LogP contribution in [0.5, 0.6) is 0 Å². The molecule has 5 heteroatoms. The van der Waals surface area contributed by atoms with Crippen LogP contribution in [-0.4, -0.2) is 35.0 Å². The standard InChI is InChI=1S/C14H17NO4/c1-9-4-5-11(19-9)12(16)15-7-10-3-2-6-14(10,8-15)13(17)18/h4-5,10H,2-3,6-8H2,1H3,(H,17,18)/t10-,14+/m0/s1. The van der Waals surface area contributed by atoms with Gasteiger partial charge in [-0.3, -0.25) is 9.59 Å². The Morgan fingerprint density at radius 2 is 2.26 bits per heavy atom. The quantitative estimate of drug-likeness (QED) is 0.884. The Kier molecular flexibility index (Phi) is 2.66. The van der Waals surface area contributed by atoms with E-state index in [4.69, 9.17) is 4.42 Å². The maximum absolute atomic E-state index is 12.3. The van der Waals surface area contributed by atoms with E-state index in [1.165, 1.54) is 0 Å². The zero-order valence-corrected chi connectivity index (χ0v) is 10.9. The average Bonchev–Trinajstić information content (AvgIpc) is 3.00. The molecule has 0 unspecified atom stereocenters. The first kappa shape index (κ1) is 12.3. The molecule has 2 fully saturated rings. The molecule has 19 heavy (non-hydrogen) atoms. The van der Waals surface area contributed by atoms with E-state index in [-0.39, 0.29) is 11.8 Å².